The normalized spacial score (nSPS) is 9.92. The third kappa shape index (κ3) is 3.75. The van der Waals surface area contributed by atoms with Crippen molar-refractivity contribution >= 4 is 5.91 Å². The minimum Gasteiger partial charge on any atom is -0.468 e. The Balaban J connectivity index is 2.11. The maximum Gasteiger partial charge on any atom is 0.233 e. The number of carbonyl (C=O) groups is 1. The zero-order valence-electron chi connectivity index (χ0n) is 7.67. The Labute approximate surface area is 77.3 Å². The van der Waals surface area contributed by atoms with Crippen LogP contribution in [0.15, 0.2) is 22.8 Å². The van der Waals surface area contributed by atoms with E-state index in [-0.39, 0.29) is 5.91 Å². The summed E-state index contributed by atoms with van der Waals surface area (Å²) in [5.41, 5.74) is 0. The second kappa shape index (κ2) is 5.37. The Kier molecular flexibility index (Phi) is 4.05. The molecule has 1 aromatic rings. The zero-order chi connectivity index (χ0) is 9.52. The van der Waals surface area contributed by atoms with Crippen LogP contribution in [0.5, 0.6) is 0 Å². The van der Waals surface area contributed by atoms with Gasteiger partial charge in [0.05, 0.1) is 19.4 Å². The predicted octanol–water partition coefficient (Wildman–Crippen LogP) is 0.505. The molecule has 1 heterocycles. The highest BCUT2D eigenvalue weighted by atomic mass is 16.3. The average molecular weight is 182 g/mol. The molecule has 4 heteroatoms. The van der Waals surface area contributed by atoms with Crippen LogP contribution in [0.25, 0.3) is 0 Å². The van der Waals surface area contributed by atoms with Gasteiger partial charge < -0.3 is 15.1 Å². The first kappa shape index (κ1) is 9.80. The van der Waals surface area contributed by atoms with Gasteiger partial charge in [0.2, 0.25) is 5.91 Å². The summed E-state index contributed by atoms with van der Waals surface area (Å²) in [5, 5.41) is 5.66. The van der Waals surface area contributed by atoms with Crippen LogP contribution in [0.1, 0.15) is 12.7 Å². The fourth-order valence-electron chi connectivity index (χ4n) is 0.972. The van der Waals surface area contributed by atoms with E-state index in [4.69, 9.17) is 4.42 Å². The first-order valence-electron chi connectivity index (χ1n) is 4.32. The van der Waals surface area contributed by atoms with Crippen molar-refractivity contribution < 1.29 is 9.21 Å². The highest BCUT2D eigenvalue weighted by Crippen LogP contribution is 1.97. The summed E-state index contributed by atoms with van der Waals surface area (Å²) in [4.78, 5) is 11.0. The number of rotatable bonds is 5. The molecule has 2 N–H and O–H groups in total. The van der Waals surface area contributed by atoms with Gasteiger partial charge in [-0.25, -0.2) is 0 Å². The molecular weight excluding hydrogens is 168 g/mol. The number of hydrogen-bond acceptors (Lipinski definition) is 3. The number of nitrogens with one attached hydrogen (secondary N) is 2. The Bertz CT molecular complexity index is 244. The van der Waals surface area contributed by atoms with Gasteiger partial charge in [0, 0.05) is 6.54 Å². The van der Waals surface area contributed by atoms with Crippen molar-refractivity contribution in [3.05, 3.63) is 24.2 Å². The molecular formula is C9H14N2O2. The van der Waals surface area contributed by atoms with Gasteiger partial charge in [0.15, 0.2) is 0 Å². The molecule has 0 aromatic carbocycles. The van der Waals surface area contributed by atoms with Gasteiger partial charge in [0.25, 0.3) is 0 Å². The van der Waals surface area contributed by atoms with Crippen molar-refractivity contribution in [2.45, 2.75) is 13.5 Å². The summed E-state index contributed by atoms with van der Waals surface area (Å²) < 4.78 is 5.08. The van der Waals surface area contributed by atoms with Crippen LogP contribution in [0, 0.1) is 0 Å². The molecule has 1 rings (SSSR count). The molecule has 0 aliphatic heterocycles. The van der Waals surface area contributed by atoms with Crippen LogP contribution in [0.2, 0.25) is 0 Å². The number of likely N-dealkylation sites (N-methyl/N-ethyl adjacent to an activating group) is 1. The van der Waals surface area contributed by atoms with E-state index in [1.807, 2.05) is 19.1 Å². The molecule has 0 spiro atoms. The van der Waals surface area contributed by atoms with E-state index in [1.165, 1.54) is 0 Å². The lowest BCUT2D eigenvalue weighted by molar-refractivity contribution is -0.120. The summed E-state index contributed by atoms with van der Waals surface area (Å²) in [7, 11) is 0. The van der Waals surface area contributed by atoms with Gasteiger partial charge in [-0.1, -0.05) is 0 Å². The summed E-state index contributed by atoms with van der Waals surface area (Å²) in [6.07, 6.45) is 1.61. The quantitative estimate of drug-likeness (QED) is 0.697. The highest BCUT2D eigenvalue weighted by molar-refractivity contribution is 5.77. The van der Waals surface area contributed by atoms with E-state index < -0.39 is 0 Å². The van der Waals surface area contributed by atoms with Crippen LogP contribution in [0.4, 0.5) is 0 Å². The Morgan fingerprint density at radius 3 is 3.08 bits per heavy atom. The minimum atomic E-state index is 0.00839. The summed E-state index contributed by atoms with van der Waals surface area (Å²) in [6.45, 7) is 3.48. The lowest BCUT2D eigenvalue weighted by atomic mass is 10.4. The number of furan rings is 1. The van der Waals surface area contributed by atoms with E-state index >= 15 is 0 Å². The molecule has 1 aromatic heterocycles. The maximum absolute atomic E-state index is 11.0. The highest BCUT2D eigenvalue weighted by Gasteiger charge is 1.99. The molecule has 0 radical (unpaired) electrons. The fourth-order valence-corrected chi connectivity index (χ4v) is 0.972. The SMILES string of the molecule is CCNC(=O)CNCc1ccco1. The van der Waals surface area contributed by atoms with E-state index in [2.05, 4.69) is 10.6 Å². The largest absolute Gasteiger partial charge is 0.468 e. The van der Waals surface area contributed by atoms with E-state index in [9.17, 15) is 4.79 Å². The van der Waals surface area contributed by atoms with Gasteiger partial charge in [-0.05, 0) is 19.1 Å². The van der Waals surface area contributed by atoms with Crippen LogP contribution < -0.4 is 10.6 Å². The van der Waals surface area contributed by atoms with Crippen LogP contribution in [-0.4, -0.2) is 19.0 Å². The second-order valence-electron chi connectivity index (χ2n) is 2.64. The molecule has 13 heavy (non-hydrogen) atoms. The Hall–Kier alpha value is -1.29. The topological polar surface area (TPSA) is 54.3 Å². The second-order valence-corrected chi connectivity index (χ2v) is 2.64. The first-order chi connectivity index (χ1) is 6.33. The van der Waals surface area contributed by atoms with Crippen molar-refractivity contribution in [2.75, 3.05) is 13.1 Å². The third-order valence-electron chi connectivity index (χ3n) is 1.54. The van der Waals surface area contributed by atoms with E-state index in [1.54, 1.807) is 6.26 Å². The van der Waals surface area contributed by atoms with Crippen molar-refractivity contribution in [1.29, 1.82) is 0 Å². The summed E-state index contributed by atoms with van der Waals surface area (Å²) >= 11 is 0. The number of amides is 1. The van der Waals surface area contributed by atoms with E-state index in [0.717, 1.165) is 5.76 Å². The molecule has 0 unspecified atom stereocenters. The van der Waals surface area contributed by atoms with Crippen molar-refractivity contribution in [3.8, 4) is 0 Å². The molecule has 0 bridgehead atoms. The average Bonchev–Trinajstić information content (AvgIpc) is 2.57. The Morgan fingerprint density at radius 1 is 1.62 bits per heavy atom. The summed E-state index contributed by atoms with van der Waals surface area (Å²) in [6, 6.07) is 3.69. The van der Waals surface area contributed by atoms with Crippen LogP contribution >= 0.6 is 0 Å². The molecule has 0 atom stereocenters. The lowest BCUT2D eigenvalue weighted by Crippen LogP contribution is -2.33. The molecule has 0 saturated carbocycles. The number of hydrogen-bond donors (Lipinski definition) is 2. The molecule has 0 fully saturated rings. The van der Waals surface area contributed by atoms with Crippen molar-refractivity contribution in [1.82, 2.24) is 10.6 Å². The molecule has 0 aliphatic carbocycles. The number of carbonyl (C=O) groups excluding carboxylic acids is 1. The van der Waals surface area contributed by atoms with Crippen LogP contribution in [0.3, 0.4) is 0 Å². The molecule has 72 valence electrons. The molecule has 0 saturated heterocycles. The van der Waals surface area contributed by atoms with Gasteiger partial charge in [-0.3, -0.25) is 4.79 Å². The van der Waals surface area contributed by atoms with Gasteiger partial charge >= 0.3 is 0 Å². The Morgan fingerprint density at radius 2 is 2.46 bits per heavy atom. The smallest absolute Gasteiger partial charge is 0.233 e. The van der Waals surface area contributed by atoms with Gasteiger partial charge in [-0.2, -0.15) is 0 Å². The first-order valence-corrected chi connectivity index (χ1v) is 4.32. The predicted molar refractivity (Wildman–Crippen MR) is 49.1 cm³/mol. The maximum atomic E-state index is 11.0. The van der Waals surface area contributed by atoms with Gasteiger partial charge in [0.1, 0.15) is 5.76 Å². The van der Waals surface area contributed by atoms with Crippen LogP contribution in [-0.2, 0) is 11.3 Å². The molecule has 4 nitrogen and oxygen atoms in total. The van der Waals surface area contributed by atoms with Crippen molar-refractivity contribution in [2.24, 2.45) is 0 Å². The zero-order valence-corrected chi connectivity index (χ0v) is 7.67. The fraction of sp³-hybridized carbons (Fsp3) is 0.444. The monoisotopic (exact) mass is 182 g/mol. The standard InChI is InChI=1S/C9H14N2O2/c1-2-11-9(12)7-10-6-8-4-3-5-13-8/h3-5,10H,2,6-7H2,1H3,(H,11,12). The van der Waals surface area contributed by atoms with Crippen molar-refractivity contribution in [3.63, 3.8) is 0 Å². The van der Waals surface area contributed by atoms with E-state index in [0.29, 0.717) is 19.6 Å². The summed E-state index contributed by atoms with van der Waals surface area (Å²) in [5.74, 6) is 0.846. The minimum absolute atomic E-state index is 0.00839. The molecule has 1 amide bonds. The third-order valence-corrected chi connectivity index (χ3v) is 1.54. The molecule has 0 aliphatic rings. The van der Waals surface area contributed by atoms with Gasteiger partial charge in [-0.15, -0.1) is 0 Å². The lowest BCUT2D eigenvalue weighted by Gasteiger charge is -2.02.